The normalized spacial score (nSPS) is 15.8. The van der Waals surface area contributed by atoms with Crippen LogP contribution < -0.4 is 21.3 Å². The zero-order chi connectivity index (χ0) is 31.7. The zero-order valence-electron chi connectivity index (χ0n) is 26.9. The Kier molecular flexibility index (Phi) is 11.3. The van der Waals surface area contributed by atoms with E-state index >= 15 is 0 Å². The fourth-order valence-electron chi connectivity index (χ4n) is 4.52. The number of amides is 2. The van der Waals surface area contributed by atoms with Gasteiger partial charge in [0.25, 0.3) is 0 Å². The van der Waals surface area contributed by atoms with Crippen LogP contribution in [0.1, 0.15) is 64.8 Å². The first kappa shape index (κ1) is 33.1. The molecule has 1 aromatic heterocycles. The third kappa shape index (κ3) is 9.06. The summed E-state index contributed by atoms with van der Waals surface area (Å²) in [5, 5.41) is 17.5. The quantitative estimate of drug-likeness (QED) is 0.214. The summed E-state index contributed by atoms with van der Waals surface area (Å²) in [5.74, 6) is 0.604. The summed E-state index contributed by atoms with van der Waals surface area (Å²) in [5.41, 5.74) is 9.63. The molecule has 1 saturated heterocycles. The van der Waals surface area contributed by atoms with Gasteiger partial charge in [-0.3, -0.25) is 5.32 Å². The highest BCUT2D eigenvalue weighted by Crippen LogP contribution is 2.27. The van der Waals surface area contributed by atoms with Crippen LogP contribution in [0.4, 0.5) is 16.3 Å². The predicted octanol–water partition coefficient (Wildman–Crippen LogP) is 8.11. The second-order valence-corrected chi connectivity index (χ2v) is 11.9. The lowest BCUT2D eigenvalue weighted by molar-refractivity contribution is 0.262. The van der Waals surface area contributed by atoms with Crippen molar-refractivity contribution in [3.05, 3.63) is 114 Å². The number of nitrogens with one attached hydrogen (secondary N) is 4. The molecule has 1 aliphatic rings. The second-order valence-electron chi connectivity index (χ2n) is 11.9. The molecule has 2 heterocycles. The third-order valence-electron chi connectivity index (χ3n) is 7.52. The van der Waals surface area contributed by atoms with Crippen LogP contribution in [0.2, 0.25) is 0 Å². The first-order valence-corrected chi connectivity index (χ1v) is 14.8. The van der Waals surface area contributed by atoms with E-state index in [2.05, 4.69) is 73.9 Å². The van der Waals surface area contributed by atoms with Crippen LogP contribution in [-0.4, -0.2) is 35.4 Å². The van der Waals surface area contributed by atoms with Gasteiger partial charge in [0.1, 0.15) is 5.82 Å². The second kappa shape index (κ2) is 14.7. The van der Waals surface area contributed by atoms with Crippen LogP contribution in [0.3, 0.4) is 0 Å². The molecule has 0 saturated carbocycles. The van der Waals surface area contributed by atoms with Crippen molar-refractivity contribution in [3.8, 4) is 0 Å². The summed E-state index contributed by atoms with van der Waals surface area (Å²) in [6, 6.07) is 7.55. The number of urea groups is 1. The maximum atomic E-state index is 13.2. The molecule has 43 heavy (non-hydrogen) atoms. The fraction of sp³-hybridized carbons (Fsp3) is 0.333. The molecule has 1 fully saturated rings. The summed E-state index contributed by atoms with van der Waals surface area (Å²) < 4.78 is 1.79. The summed E-state index contributed by atoms with van der Waals surface area (Å²) in [6.45, 7) is 28.9. The largest absolute Gasteiger partial charge is 0.382 e. The molecule has 3 rings (SSSR count). The molecule has 228 valence electrons. The standard InChI is InChI=1S/C36H48N6O/c1-11-24(3)28(7)38-20-18-29(12-2)31-15-16-32(25(4)21-31)39-35(43)40-34-22-33(36(8,9)10)41-42(34)27(6)13-14-30-17-19-37-23-26(30)5/h11-16,18,21-22,37-38H,2,5,7,17,19-20,23H2,1,3-4,6,8-10H3,(H2,39,40,43)/b24-11+,27-13+,29-18-,30-14-. The van der Waals surface area contributed by atoms with Gasteiger partial charge in [0.05, 0.1) is 5.69 Å². The first-order chi connectivity index (χ1) is 20.3. The van der Waals surface area contributed by atoms with E-state index in [0.717, 1.165) is 70.1 Å². The van der Waals surface area contributed by atoms with E-state index < -0.39 is 0 Å². The molecule has 0 radical (unpaired) electrons. The lowest BCUT2D eigenvalue weighted by Gasteiger charge is -2.18. The van der Waals surface area contributed by atoms with Crippen LogP contribution in [-0.2, 0) is 5.41 Å². The SMILES string of the molecule is C=C/C(=C/CNC(=C)/C(C)=C/C)c1ccc(NC(=O)Nc2cc(C(C)(C)C)nn2/C(C)=C/C=C2/CCNCC2=C)c(C)c1. The molecule has 7 heteroatoms. The van der Waals surface area contributed by atoms with E-state index in [-0.39, 0.29) is 11.4 Å². The molecule has 0 spiro atoms. The summed E-state index contributed by atoms with van der Waals surface area (Å²) >= 11 is 0. The monoisotopic (exact) mass is 580 g/mol. The molecule has 7 nitrogen and oxygen atoms in total. The van der Waals surface area contributed by atoms with Crippen molar-refractivity contribution >= 4 is 28.8 Å². The number of anilines is 2. The molecular formula is C36H48N6O. The third-order valence-corrected chi connectivity index (χ3v) is 7.52. The van der Waals surface area contributed by atoms with Gasteiger partial charge in [0.15, 0.2) is 0 Å². The number of carbonyl (C=O) groups is 1. The number of hydrogen-bond acceptors (Lipinski definition) is 4. The Morgan fingerprint density at radius 3 is 2.56 bits per heavy atom. The average molecular weight is 581 g/mol. The topological polar surface area (TPSA) is 83.0 Å². The van der Waals surface area contributed by atoms with Crippen LogP contribution in [0, 0.1) is 6.92 Å². The Balaban J connectivity index is 1.77. The minimum atomic E-state index is -0.336. The minimum absolute atomic E-state index is 0.183. The molecule has 2 amide bonds. The maximum absolute atomic E-state index is 13.2. The molecule has 2 aromatic rings. The van der Waals surface area contributed by atoms with Gasteiger partial charge in [0, 0.05) is 41.7 Å². The minimum Gasteiger partial charge on any atom is -0.382 e. The van der Waals surface area contributed by atoms with Gasteiger partial charge in [-0.2, -0.15) is 5.10 Å². The highest BCUT2D eigenvalue weighted by Gasteiger charge is 2.21. The highest BCUT2D eigenvalue weighted by atomic mass is 16.2. The molecule has 0 unspecified atom stereocenters. The number of rotatable bonds is 10. The van der Waals surface area contributed by atoms with Gasteiger partial charge < -0.3 is 16.0 Å². The number of hydrogen-bond donors (Lipinski definition) is 4. The first-order valence-electron chi connectivity index (χ1n) is 14.8. The van der Waals surface area contributed by atoms with E-state index in [1.165, 1.54) is 5.57 Å². The van der Waals surface area contributed by atoms with Crippen molar-refractivity contribution in [2.45, 2.75) is 60.3 Å². The van der Waals surface area contributed by atoms with E-state index in [4.69, 9.17) is 5.10 Å². The van der Waals surface area contributed by atoms with E-state index in [9.17, 15) is 4.79 Å². The number of allylic oxidation sites excluding steroid dienone is 7. The number of piperidine rings is 1. The van der Waals surface area contributed by atoms with Crippen LogP contribution in [0.25, 0.3) is 11.3 Å². The maximum Gasteiger partial charge on any atom is 0.324 e. The summed E-state index contributed by atoms with van der Waals surface area (Å²) in [4.78, 5) is 13.2. The van der Waals surface area contributed by atoms with Crippen molar-refractivity contribution < 1.29 is 4.79 Å². The fourth-order valence-corrected chi connectivity index (χ4v) is 4.52. The lowest BCUT2D eigenvalue weighted by Crippen LogP contribution is -2.25. The number of aromatic nitrogens is 2. The van der Waals surface area contributed by atoms with E-state index in [1.807, 2.05) is 70.2 Å². The summed E-state index contributed by atoms with van der Waals surface area (Å²) in [6.07, 6.45) is 11.0. The Labute approximate surface area is 257 Å². The molecule has 1 aromatic carbocycles. The molecule has 0 atom stereocenters. The van der Waals surface area contributed by atoms with Crippen LogP contribution in [0.5, 0.6) is 0 Å². The van der Waals surface area contributed by atoms with Gasteiger partial charge in [-0.15, -0.1) is 0 Å². The smallest absolute Gasteiger partial charge is 0.324 e. The van der Waals surface area contributed by atoms with E-state index in [1.54, 1.807) is 4.68 Å². The van der Waals surface area contributed by atoms with Gasteiger partial charge in [-0.25, -0.2) is 9.48 Å². The predicted molar refractivity (Wildman–Crippen MR) is 184 cm³/mol. The number of nitrogens with zero attached hydrogens (tertiary/aromatic N) is 2. The number of aryl methyl sites for hydroxylation is 1. The number of carbonyl (C=O) groups excluding carboxylic acids is 1. The van der Waals surface area contributed by atoms with Crippen LogP contribution in [0.15, 0.2) is 96.8 Å². The Morgan fingerprint density at radius 1 is 1.19 bits per heavy atom. The highest BCUT2D eigenvalue weighted by molar-refractivity contribution is 6.00. The van der Waals surface area contributed by atoms with Crippen LogP contribution >= 0.6 is 0 Å². The Morgan fingerprint density at radius 2 is 1.93 bits per heavy atom. The molecule has 1 aliphatic heterocycles. The van der Waals surface area contributed by atoms with Crippen molar-refractivity contribution in [3.63, 3.8) is 0 Å². The van der Waals surface area contributed by atoms with Gasteiger partial charge in [0.2, 0.25) is 0 Å². The Bertz CT molecular complexity index is 1510. The molecular weight excluding hydrogens is 532 g/mol. The Hall–Kier alpha value is -4.36. The van der Waals surface area contributed by atoms with Crippen molar-refractivity contribution in [2.24, 2.45) is 0 Å². The van der Waals surface area contributed by atoms with Crippen molar-refractivity contribution in [1.29, 1.82) is 0 Å². The van der Waals surface area contributed by atoms with Gasteiger partial charge >= 0.3 is 6.03 Å². The van der Waals surface area contributed by atoms with Gasteiger partial charge in [-0.1, -0.05) is 70.9 Å². The van der Waals surface area contributed by atoms with Crippen molar-refractivity contribution in [2.75, 3.05) is 30.3 Å². The van der Waals surface area contributed by atoms with Gasteiger partial charge in [-0.05, 0) is 92.3 Å². The van der Waals surface area contributed by atoms with Crippen molar-refractivity contribution in [1.82, 2.24) is 20.4 Å². The summed E-state index contributed by atoms with van der Waals surface area (Å²) in [7, 11) is 0. The molecule has 0 bridgehead atoms. The molecule has 0 aliphatic carbocycles. The van der Waals surface area contributed by atoms with E-state index in [0.29, 0.717) is 12.4 Å². The lowest BCUT2D eigenvalue weighted by atomic mass is 9.92. The zero-order valence-corrected chi connectivity index (χ0v) is 26.9. The number of benzene rings is 1. The molecule has 4 N–H and O–H groups in total. The average Bonchev–Trinajstić information content (AvgIpc) is 3.39.